The van der Waals surface area contributed by atoms with Crippen LogP contribution in [0.3, 0.4) is 0 Å². The average molecular weight is 873 g/mol. The molecule has 0 bridgehead atoms. The van der Waals surface area contributed by atoms with Gasteiger partial charge in [0.05, 0.1) is 31.0 Å². The second kappa shape index (κ2) is 25.3. The van der Waals surface area contributed by atoms with Crippen molar-refractivity contribution in [3.8, 4) is 0 Å². The Kier molecular flexibility index (Phi) is 22.2. The highest BCUT2D eigenvalue weighted by Crippen LogP contribution is 2.09. The van der Waals surface area contributed by atoms with E-state index in [-0.39, 0.29) is 24.7 Å². The molecule has 0 saturated heterocycles. The van der Waals surface area contributed by atoms with E-state index in [0.29, 0.717) is 12.1 Å². The Morgan fingerprint density at radius 3 is 1.63 bits per heavy atom. The largest absolute Gasteiger partial charge is 0.481 e. The number of H-pyrrole nitrogens is 1. The maximum atomic E-state index is 13.7. The molecule has 0 aliphatic heterocycles. The number of carbonyl (C=O) groups is 9. The summed E-state index contributed by atoms with van der Waals surface area (Å²) in [5.41, 5.74) is 6.24. The maximum Gasteiger partial charge on any atom is 0.326 e. The third-order valence-corrected chi connectivity index (χ3v) is 9.56. The lowest BCUT2D eigenvalue weighted by Gasteiger charge is -2.29. The fourth-order valence-electron chi connectivity index (χ4n) is 5.39. The van der Waals surface area contributed by atoms with Gasteiger partial charge in [0.15, 0.2) is 0 Å². The molecule has 1 rings (SSSR count). The SMILES string of the molecule is CC[C@H](C)[C@H](N)C(=O)N[C@H](C(=O)N[C@H](C(=O)N[C@@H](CS)C(=O)N[C@@H](Cc1cnc[nH]1)C(=O)N[C@@H](CC(=O)O)C(=O)N[C@@H](C)C(=O)N[C@@H](CC(C)C)C(=O)O)[C@@H](C)O)[C@@H](C)O. The number of aromatic nitrogens is 2. The van der Waals surface area contributed by atoms with Crippen molar-refractivity contribution in [2.75, 3.05) is 5.75 Å². The van der Waals surface area contributed by atoms with E-state index in [1.165, 1.54) is 26.4 Å². The van der Waals surface area contributed by atoms with Gasteiger partial charge >= 0.3 is 11.9 Å². The number of carboxylic acids is 2. The Morgan fingerprint density at radius 2 is 1.17 bits per heavy atom. The second-order valence-electron chi connectivity index (χ2n) is 14.9. The first-order valence-corrected chi connectivity index (χ1v) is 19.8. The van der Waals surface area contributed by atoms with Gasteiger partial charge in [-0.15, -0.1) is 0 Å². The Balaban J connectivity index is 3.23. The summed E-state index contributed by atoms with van der Waals surface area (Å²) >= 11 is 4.12. The Bertz CT molecular complexity index is 1650. The quantitative estimate of drug-likeness (QED) is 0.0395. The van der Waals surface area contributed by atoms with Crippen molar-refractivity contribution in [3.63, 3.8) is 0 Å². The van der Waals surface area contributed by atoms with Crippen LogP contribution in [0.4, 0.5) is 0 Å². The Labute approximate surface area is 352 Å². The fraction of sp³-hybridized carbons (Fsp3) is 0.667. The summed E-state index contributed by atoms with van der Waals surface area (Å²) in [6.07, 6.45) is -1.14. The van der Waals surface area contributed by atoms with Crippen LogP contribution < -0.4 is 43.0 Å². The first kappa shape index (κ1) is 52.7. The number of carboxylic acid groups (broad SMARTS) is 2. The fourth-order valence-corrected chi connectivity index (χ4v) is 5.65. The van der Waals surface area contributed by atoms with Crippen LogP contribution >= 0.6 is 12.6 Å². The van der Waals surface area contributed by atoms with Crippen molar-refractivity contribution < 1.29 is 63.6 Å². The van der Waals surface area contributed by atoms with Gasteiger partial charge in [0.25, 0.3) is 0 Å². The maximum absolute atomic E-state index is 13.7. The summed E-state index contributed by atoms with van der Waals surface area (Å²) in [5, 5.41) is 55.8. The molecular weight excluding hydrogens is 813 g/mol. The Morgan fingerprint density at radius 1 is 0.683 bits per heavy atom. The van der Waals surface area contributed by atoms with Gasteiger partial charge in [-0.25, -0.2) is 9.78 Å². The monoisotopic (exact) mass is 872 g/mol. The summed E-state index contributed by atoms with van der Waals surface area (Å²) in [7, 11) is 0. The number of aliphatic hydroxyl groups is 2. The number of nitrogens with two attached hydrogens (primary N) is 1. The molecule has 0 spiro atoms. The number of amides is 7. The van der Waals surface area contributed by atoms with Gasteiger partial charge in [-0.05, 0) is 39.0 Å². The topological polar surface area (TPSA) is 373 Å². The smallest absolute Gasteiger partial charge is 0.326 e. The van der Waals surface area contributed by atoms with Crippen molar-refractivity contribution in [2.45, 2.75) is 135 Å². The zero-order chi connectivity index (χ0) is 46.0. The highest BCUT2D eigenvalue weighted by atomic mass is 32.1. The van der Waals surface area contributed by atoms with E-state index in [0.717, 1.165) is 6.92 Å². The molecule has 0 fully saturated rings. The Hall–Kier alpha value is -5.33. The molecule has 23 nitrogen and oxygen atoms in total. The minimum atomic E-state index is -1.81. The predicted octanol–water partition coefficient (Wildman–Crippen LogP) is -3.96. The van der Waals surface area contributed by atoms with Crippen LogP contribution in [0, 0.1) is 11.8 Å². The van der Waals surface area contributed by atoms with Gasteiger partial charge < -0.3 is 68.4 Å². The van der Waals surface area contributed by atoms with E-state index in [1.807, 2.05) is 0 Å². The number of nitrogens with zero attached hydrogens (tertiary/aromatic N) is 1. The molecule has 14 N–H and O–H groups in total. The van der Waals surface area contributed by atoms with E-state index in [4.69, 9.17) is 5.73 Å². The first-order valence-electron chi connectivity index (χ1n) is 19.2. The van der Waals surface area contributed by atoms with Gasteiger partial charge in [-0.3, -0.25) is 38.4 Å². The predicted molar refractivity (Wildman–Crippen MR) is 215 cm³/mol. The van der Waals surface area contributed by atoms with Gasteiger partial charge in [0.1, 0.15) is 42.3 Å². The number of aliphatic carboxylic acids is 2. The lowest BCUT2D eigenvalue weighted by Crippen LogP contribution is -2.63. The highest BCUT2D eigenvalue weighted by Gasteiger charge is 2.36. The number of hydrogen-bond donors (Lipinski definition) is 14. The third-order valence-electron chi connectivity index (χ3n) is 9.20. The summed E-state index contributed by atoms with van der Waals surface area (Å²) in [6.45, 7) is 10.6. The normalized spacial score (nSPS) is 16.7. The molecule has 11 atom stereocenters. The van der Waals surface area contributed by atoms with Crippen LogP contribution in [-0.4, -0.2) is 150 Å². The molecule has 24 heteroatoms. The molecule has 0 aliphatic rings. The molecule has 0 aromatic carbocycles. The minimum Gasteiger partial charge on any atom is -0.481 e. The second-order valence-corrected chi connectivity index (χ2v) is 15.2. The van der Waals surface area contributed by atoms with Crippen LogP contribution in [0.2, 0.25) is 0 Å². The lowest BCUT2D eigenvalue weighted by atomic mass is 9.98. The molecule has 0 saturated carbocycles. The molecular formula is C36H60N10O13S. The molecule has 0 radical (unpaired) electrons. The molecule has 1 aromatic heterocycles. The molecule has 60 heavy (non-hydrogen) atoms. The molecule has 338 valence electrons. The number of nitrogens with one attached hydrogen (secondary N) is 8. The summed E-state index contributed by atoms with van der Waals surface area (Å²) in [6, 6.07) is -11.9. The van der Waals surface area contributed by atoms with Crippen LogP contribution in [0.15, 0.2) is 12.5 Å². The van der Waals surface area contributed by atoms with Crippen molar-refractivity contribution in [3.05, 3.63) is 18.2 Å². The minimum absolute atomic E-state index is 0.0816. The van der Waals surface area contributed by atoms with Crippen molar-refractivity contribution >= 4 is 65.9 Å². The standard InChI is InChI=1S/C36H60N10O13S/c1-8-16(4)26(37)33(55)45-28(19(7)48)35(57)46-27(18(6)47)34(56)44-24(13-60)32(54)41-21(10-20-12-38-14-39-20)31(53)42-22(11-25(49)50)30(52)40-17(5)29(51)43-23(36(58)59)9-15(2)3/h12,14-19,21-24,26-28,47-48,60H,8-11,13,37H2,1-7H3,(H,38,39)(H,40,52)(H,41,54)(H,42,53)(H,43,51)(H,44,56)(H,45,55)(H,46,57)(H,49,50)(H,58,59)/t16-,17-,18+,19+,21-,22-,23-,24-,26-,27-,28-/m0/s1. The zero-order valence-corrected chi connectivity index (χ0v) is 35.4. The molecule has 7 amide bonds. The van der Waals surface area contributed by atoms with Gasteiger partial charge in [-0.1, -0.05) is 34.1 Å². The third kappa shape index (κ3) is 17.5. The van der Waals surface area contributed by atoms with E-state index < -0.39 is 126 Å². The summed E-state index contributed by atoms with van der Waals surface area (Å²) in [5.74, 6) is -10.7. The molecule has 0 aliphatic carbocycles. The van der Waals surface area contributed by atoms with Gasteiger partial charge in [0, 0.05) is 24.1 Å². The van der Waals surface area contributed by atoms with Crippen LogP contribution in [0.1, 0.15) is 73.4 Å². The summed E-state index contributed by atoms with van der Waals surface area (Å²) < 4.78 is 0. The molecule has 1 aromatic rings. The number of aromatic amines is 1. The lowest BCUT2D eigenvalue weighted by molar-refractivity contribution is -0.143. The average Bonchev–Trinajstić information content (AvgIpc) is 3.68. The van der Waals surface area contributed by atoms with Gasteiger partial charge in [-0.2, -0.15) is 12.6 Å². The number of thiol groups is 1. The number of hydrogen-bond acceptors (Lipinski definition) is 14. The van der Waals surface area contributed by atoms with E-state index in [2.05, 4.69) is 59.8 Å². The van der Waals surface area contributed by atoms with Crippen molar-refractivity contribution in [2.24, 2.45) is 17.6 Å². The number of rotatable bonds is 26. The molecule has 1 heterocycles. The number of aliphatic hydroxyl groups excluding tert-OH is 2. The van der Waals surface area contributed by atoms with Crippen LogP contribution in [0.5, 0.6) is 0 Å². The van der Waals surface area contributed by atoms with Crippen molar-refractivity contribution in [1.29, 1.82) is 0 Å². The van der Waals surface area contributed by atoms with Crippen LogP contribution in [-0.2, 0) is 49.6 Å². The number of carbonyl (C=O) groups excluding carboxylic acids is 7. The zero-order valence-electron chi connectivity index (χ0n) is 34.6. The van der Waals surface area contributed by atoms with E-state index >= 15 is 0 Å². The van der Waals surface area contributed by atoms with Crippen LogP contribution in [0.25, 0.3) is 0 Å². The summed E-state index contributed by atoms with van der Waals surface area (Å²) in [4.78, 5) is 122. The van der Waals surface area contributed by atoms with E-state index in [1.54, 1.807) is 27.7 Å². The highest BCUT2D eigenvalue weighted by molar-refractivity contribution is 7.80. The van der Waals surface area contributed by atoms with Crippen molar-refractivity contribution in [1.82, 2.24) is 47.2 Å². The van der Waals surface area contributed by atoms with Gasteiger partial charge in [0.2, 0.25) is 41.4 Å². The number of imidazole rings is 1. The molecule has 0 unspecified atom stereocenters. The van der Waals surface area contributed by atoms with E-state index in [9.17, 15) is 63.6 Å². The first-order chi connectivity index (χ1) is 27.9.